The molecule has 0 radical (unpaired) electrons. The molecule has 2 aliphatic heterocycles. The van der Waals surface area contributed by atoms with Crippen LogP contribution in [0.15, 0.2) is 24.3 Å². The van der Waals surface area contributed by atoms with Crippen molar-refractivity contribution >= 4 is 11.8 Å². The van der Waals surface area contributed by atoms with E-state index in [-0.39, 0.29) is 17.2 Å². The van der Waals surface area contributed by atoms with Gasteiger partial charge >= 0.3 is 6.61 Å². The van der Waals surface area contributed by atoms with Gasteiger partial charge in [-0.25, -0.2) is 0 Å². The number of methoxy groups -OCH3 is 1. The minimum Gasteiger partial charge on any atom is -0.434 e. The second-order valence-electron chi connectivity index (χ2n) is 7.19. The Morgan fingerprint density at radius 1 is 1.14 bits per heavy atom. The Labute approximate surface area is 169 Å². The van der Waals surface area contributed by atoms with E-state index in [9.17, 15) is 18.4 Å². The summed E-state index contributed by atoms with van der Waals surface area (Å²) in [4.78, 5) is 31.6. The fourth-order valence-corrected chi connectivity index (χ4v) is 3.89. The summed E-state index contributed by atoms with van der Waals surface area (Å²) in [6.07, 6.45) is 1.28. The molecule has 1 unspecified atom stereocenters. The second kappa shape index (κ2) is 9.98. The Morgan fingerprint density at radius 3 is 2.55 bits per heavy atom. The van der Waals surface area contributed by atoms with Gasteiger partial charge in [-0.15, -0.1) is 0 Å². The fourth-order valence-electron chi connectivity index (χ4n) is 3.89. The third-order valence-electron chi connectivity index (χ3n) is 5.43. The van der Waals surface area contributed by atoms with Gasteiger partial charge in [0.25, 0.3) is 5.91 Å². The maximum Gasteiger partial charge on any atom is 0.387 e. The van der Waals surface area contributed by atoms with Crippen LogP contribution in [0.4, 0.5) is 8.78 Å². The van der Waals surface area contributed by atoms with E-state index in [4.69, 9.17) is 4.74 Å². The summed E-state index contributed by atoms with van der Waals surface area (Å²) >= 11 is 0. The van der Waals surface area contributed by atoms with Gasteiger partial charge in [-0.2, -0.15) is 8.78 Å². The van der Waals surface area contributed by atoms with Crippen LogP contribution in [0.2, 0.25) is 0 Å². The molecule has 2 aliphatic rings. The highest BCUT2D eigenvalue weighted by Crippen LogP contribution is 2.27. The molecule has 29 heavy (non-hydrogen) atoms. The zero-order valence-corrected chi connectivity index (χ0v) is 16.6. The predicted octanol–water partition coefficient (Wildman–Crippen LogP) is 1.68. The summed E-state index contributed by atoms with van der Waals surface area (Å²) in [5.41, 5.74) is 0.0527. The quantitative estimate of drug-likeness (QED) is 0.683. The standard InChI is InChI=1S/C20H27F2N3O4/c1-28-14-13-23-9-11-24(12-10-23)19(27)16-6-4-8-25(16)18(26)15-5-2-3-7-17(15)29-20(21)22/h2-3,5,7,16,20H,4,6,8-14H2,1H3. The van der Waals surface area contributed by atoms with Crippen LogP contribution in [0, 0.1) is 0 Å². The van der Waals surface area contributed by atoms with Gasteiger partial charge in [-0.05, 0) is 25.0 Å². The van der Waals surface area contributed by atoms with E-state index in [1.54, 1.807) is 18.1 Å². The molecule has 0 aromatic heterocycles. The maximum atomic E-state index is 13.1. The third kappa shape index (κ3) is 5.22. The van der Waals surface area contributed by atoms with E-state index in [0.29, 0.717) is 39.1 Å². The van der Waals surface area contributed by atoms with Gasteiger partial charge < -0.3 is 19.3 Å². The van der Waals surface area contributed by atoms with Gasteiger partial charge in [0.05, 0.1) is 12.2 Å². The van der Waals surface area contributed by atoms with E-state index in [1.807, 2.05) is 0 Å². The molecule has 0 bridgehead atoms. The Hall–Kier alpha value is -2.26. The van der Waals surface area contributed by atoms with Gasteiger partial charge in [0.2, 0.25) is 5.91 Å². The van der Waals surface area contributed by atoms with Crippen LogP contribution in [0.25, 0.3) is 0 Å². The molecule has 1 aromatic rings. The zero-order chi connectivity index (χ0) is 20.8. The van der Waals surface area contributed by atoms with Gasteiger partial charge in [0.1, 0.15) is 11.8 Å². The number of para-hydroxylation sites is 1. The fraction of sp³-hybridized carbons (Fsp3) is 0.600. The Kier molecular flexibility index (Phi) is 7.38. The van der Waals surface area contributed by atoms with Gasteiger partial charge in [0.15, 0.2) is 0 Å². The predicted molar refractivity (Wildman–Crippen MR) is 102 cm³/mol. The minimum atomic E-state index is -3.02. The van der Waals surface area contributed by atoms with Crippen molar-refractivity contribution < 1.29 is 27.8 Å². The van der Waals surface area contributed by atoms with Crippen LogP contribution in [-0.2, 0) is 9.53 Å². The summed E-state index contributed by atoms with van der Waals surface area (Å²) < 4.78 is 34.9. The number of carbonyl (C=O) groups excluding carboxylic acids is 2. The largest absolute Gasteiger partial charge is 0.434 e. The number of benzene rings is 1. The van der Waals surface area contributed by atoms with Crippen LogP contribution >= 0.6 is 0 Å². The summed E-state index contributed by atoms with van der Waals surface area (Å²) in [6.45, 7) is 1.62. The molecule has 1 atom stereocenters. The van der Waals surface area contributed by atoms with Crippen LogP contribution in [-0.4, -0.2) is 92.2 Å². The number of carbonyl (C=O) groups is 2. The lowest BCUT2D eigenvalue weighted by atomic mass is 10.1. The molecule has 2 saturated heterocycles. The van der Waals surface area contributed by atoms with E-state index in [0.717, 1.165) is 19.6 Å². The number of rotatable bonds is 7. The number of ether oxygens (including phenoxy) is 2. The van der Waals surface area contributed by atoms with Crippen LogP contribution in [0.3, 0.4) is 0 Å². The number of alkyl halides is 2. The van der Waals surface area contributed by atoms with E-state index >= 15 is 0 Å². The number of hydrogen-bond donors (Lipinski definition) is 0. The van der Waals surface area contributed by atoms with Crippen LogP contribution < -0.4 is 4.74 Å². The molecule has 9 heteroatoms. The lowest BCUT2D eigenvalue weighted by molar-refractivity contribution is -0.137. The second-order valence-corrected chi connectivity index (χ2v) is 7.19. The summed E-state index contributed by atoms with van der Waals surface area (Å²) in [7, 11) is 1.66. The highest BCUT2D eigenvalue weighted by molar-refractivity contribution is 6.00. The van der Waals surface area contributed by atoms with Crippen molar-refractivity contribution in [2.75, 3.05) is 53.0 Å². The van der Waals surface area contributed by atoms with Gasteiger partial charge in [-0.1, -0.05) is 12.1 Å². The first kappa shape index (κ1) is 21.4. The molecule has 2 amide bonds. The maximum absolute atomic E-state index is 13.1. The summed E-state index contributed by atoms with van der Waals surface area (Å²) in [5.74, 6) is -0.692. The first-order valence-corrected chi connectivity index (χ1v) is 9.86. The van der Waals surface area contributed by atoms with Crippen molar-refractivity contribution in [2.45, 2.75) is 25.5 Å². The number of likely N-dealkylation sites (tertiary alicyclic amines) is 1. The van der Waals surface area contributed by atoms with E-state index < -0.39 is 18.6 Å². The number of amides is 2. The Bertz CT molecular complexity index is 711. The third-order valence-corrected chi connectivity index (χ3v) is 5.43. The molecule has 2 heterocycles. The number of nitrogens with zero attached hydrogens (tertiary/aromatic N) is 3. The monoisotopic (exact) mass is 411 g/mol. The van der Waals surface area contributed by atoms with Crippen molar-refractivity contribution in [3.8, 4) is 5.75 Å². The van der Waals surface area contributed by atoms with E-state index in [1.165, 1.54) is 23.1 Å². The molecule has 2 fully saturated rings. The van der Waals surface area contributed by atoms with Crippen LogP contribution in [0.5, 0.6) is 5.75 Å². The lowest BCUT2D eigenvalue weighted by Gasteiger charge is -2.37. The minimum absolute atomic E-state index is 0.0527. The van der Waals surface area contributed by atoms with Crippen molar-refractivity contribution in [3.63, 3.8) is 0 Å². The van der Waals surface area contributed by atoms with Crippen molar-refractivity contribution in [3.05, 3.63) is 29.8 Å². The molecule has 160 valence electrons. The molecule has 7 nitrogen and oxygen atoms in total. The topological polar surface area (TPSA) is 62.3 Å². The van der Waals surface area contributed by atoms with Crippen molar-refractivity contribution in [1.82, 2.24) is 14.7 Å². The SMILES string of the molecule is COCCN1CCN(C(=O)C2CCCN2C(=O)c2ccccc2OC(F)F)CC1. The lowest BCUT2D eigenvalue weighted by Crippen LogP contribution is -2.54. The smallest absolute Gasteiger partial charge is 0.387 e. The molecule has 0 aliphatic carbocycles. The number of halogens is 2. The summed E-state index contributed by atoms with van der Waals surface area (Å²) in [5, 5.41) is 0. The first-order valence-electron chi connectivity index (χ1n) is 9.86. The summed E-state index contributed by atoms with van der Waals surface area (Å²) in [6, 6.07) is 5.36. The molecular formula is C20H27F2N3O4. The van der Waals surface area contributed by atoms with Gasteiger partial charge in [-0.3, -0.25) is 14.5 Å². The molecule has 3 rings (SSSR count). The molecule has 0 spiro atoms. The Balaban J connectivity index is 1.66. The molecular weight excluding hydrogens is 384 g/mol. The van der Waals surface area contributed by atoms with Gasteiger partial charge in [0, 0.05) is 46.4 Å². The highest BCUT2D eigenvalue weighted by Gasteiger charge is 2.38. The van der Waals surface area contributed by atoms with Crippen molar-refractivity contribution in [2.24, 2.45) is 0 Å². The number of hydrogen-bond acceptors (Lipinski definition) is 5. The molecule has 0 N–H and O–H groups in total. The average molecular weight is 411 g/mol. The Morgan fingerprint density at radius 2 is 1.86 bits per heavy atom. The highest BCUT2D eigenvalue weighted by atomic mass is 19.3. The normalized spacial score (nSPS) is 20.3. The van der Waals surface area contributed by atoms with E-state index in [2.05, 4.69) is 9.64 Å². The molecule has 1 aromatic carbocycles. The first-order chi connectivity index (χ1) is 14.0. The van der Waals surface area contributed by atoms with Crippen LogP contribution in [0.1, 0.15) is 23.2 Å². The number of piperazine rings is 1. The van der Waals surface area contributed by atoms with Crippen molar-refractivity contribution in [1.29, 1.82) is 0 Å². The zero-order valence-electron chi connectivity index (χ0n) is 16.6. The average Bonchev–Trinajstić information content (AvgIpc) is 3.21. The molecule has 0 saturated carbocycles.